The van der Waals surface area contributed by atoms with Crippen molar-refractivity contribution in [3.05, 3.63) is 68.4 Å². The standard InChI is InChI=1S/C25H24S2/c1-14-8-5-12-20-22(16(3)26-24(14)20)18-10-7-11-19(18)23-17(4)27-25-15(2)9-6-13-21(23)25/h5-6,8-9,12-13H,7,10-11H2,1-4H3. The van der Waals surface area contributed by atoms with E-state index in [0.717, 1.165) is 0 Å². The number of thiophene rings is 2. The number of aryl methyl sites for hydroxylation is 4. The molecule has 2 aromatic carbocycles. The molecule has 136 valence electrons. The number of allylic oxidation sites excluding steroid dienone is 2. The average Bonchev–Trinajstić information content (AvgIpc) is 3.30. The van der Waals surface area contributed by atoms with E-state index in [9.17, 15) is 0 Å². The maximum absolute atomic E-state index is 2.33. The summed E-state index contributed by atoms with van der Waals surface area (Å²) in [4.78, 5) is 2.95. The third-order valence-corrected chi connectivity index (χ3v) is 8.51. The minimum atomic E-state index is 1.21. The highest BCUT2D eigenvalue weighted by atomic mass is 32.1. The zero-order valence-electron chi connectivity index (χ0n) is 16.4. The van der Waals surface area contributed by atoms with Crippen LogP contribution in [0.25, 0.3) is 31.3 Å². The molecule has 0 N–H and O–H groups in total. The molecule has 0 nitrogen and oxygen atoms in total. The number of hydrogen-bond donors (Lipinski definition) is 0. The molecule has 1 aliphatic rings. The average molecular weight is 389 g/mol. The molecule has 0 bridgehead atoms. The van der Waals surface area contributed by atoms with Gasteiger partial charge in [0.15, 0.2) is 0 Å². The molecule has 0 radical (unpaired) electrons. The molecule has 0 amide bonds. The third-order valence-electron chi connectivity index (χ3n) is 6.00. The van der Waals surface area contributed by atoms with Crippen LogP contribution in [0.5, 0.6) is 0 Å². The summed E-state index contributed by atoms with van der Waals surface area (Å²) in [6.07, 6.45) is 3.69. The van der Waals surface area contributed by atoms with E-state index in [1.54, 1.807) is 11.1 Å². The SMILES string of the molecule is Cc1sc2c(C)cccc2c1C1=C(c2c(C)sc3c(C)cccc23)CCC1. The van der Waals surface area contributed by atoms with E-state index < -0.39 is 0 Å². The molecule has 0 saturated carbocycles. The van der Waals surface area contributed by atoms with Crippen LogP contribution in [0.15, 0.2) is 36.4 Å². The maximum Gasteiger partial charge on any atom is 0.0381 e. The minimum absolute atomic E-state index is 1.21. The van der Waals surface area contributed by atoms with Gasteiger partial charge in [0.25, 0.3) is 0 Å². The lowest BCUT2D eigenvalue weighted by Gasteiger charge is -2.10. The molecule has 1 aliphatic carbocycles. The van der Waals surface area contributed by atoms with Crippen LogP contribution in [0.2, 0.25) is 0 Å². The van der Waals surface area contributed by atoms with Gasteiger partial charge in [-0.3, -0.25) is 0 Å². The summed E-state index contributed by atoms with van der Waals surface area (Å²) in [5.41, 5.74) is 9.07. The first-order valence-corrected chi connectivity index (χ1v) is 11.4. The van der Waals surface area contributed by atoms with Gasteiger partial charge in [0.2, 0.25) is 0 Å². The Bertz CT molecular complexity index is 1130. The number of rotatable bonds is 2. The molecule has 0 unspecified atom stereocenters. The molecule has 0 fully saturated rings. The first-order chi connectivity index (χ1) is 13.1. The van der Waals surface area contributed by atoms with Gasteiger partial charge in [-0.25, -0.2) is 0 Å². The van der Waals surface area contributed by atoms with Gasteiger partial charge in [0.05, 0.1) is 0 Å². The summed E-state index contributed by atoms with van der Waals surface area (Å²) in [5, 5.41) is 2.92. The van der Waals surface area contributed by atoms with Crippen molar-refractivity contribution in [1.82, 2.24) is 0 Å². The van der Waals surface area contributed by atoms with Gasteiger partial charge >= 0.3 is 0 Å². The summed E-state index contributed by atoms with van der Waals surface area (Å²) < 4.78 is 2.93. The lowest BCUT2D eigenvalue weighted by atomic mass is 9.93. The second kappa shape index (κ2) is 6.32. The van der Waals surface area contributed by atoms with Crippen molar-refractivity contribution in [3.63, 3.8) is 0 Å². The second-order valence-electron chi connectivity index (χ2n) is 7.78. The van der Waals surface area contributed by atoms with Crippen molar-refractivity contribution in [2.24, 2.45) is 0 Å². The minimum Gasteiger partial charge on any atom is -0.140 e. The molecular weight excluding hydrogens is 364 g/mol. The fraction of sp³-hybridized carbons (Fsp3) is 0.280. The zero-order valence-corrected chi connectivity index (χ0v) is 18.0. The number of benzene rings is 2. The molecule has 27 heavy (non-hydrogen) atoms. The molecule has 5 rings (SSSR count). The van der Waals surface area contributed by atoms with E-state index in [2.05, 4.69) is 64.1 Å². The highest BCUT2D eigenvalue weighted by molar-refractivity contribution is 7.20. The Kier molecular flexibility index (Phi) is 4.03. The predicted octanol–water partition coefficient (Wildman–Crippen LogP) is 8.44. The van der Waals surface area contributed by atoms with E-state index >= 15 is 0 Å². The van der Waals surface area contributed by atoms with Crippen LogP contribution >= 0.6 is 22.7 Å². The van der Waals surface area contributed by atoms with Crippen LogP contribution in [0.4, 0.5) is 0 Å². The molecular formula is C25H24S2. The van der Waals surface area contributed by atoms with Gasteiger partial charge in [0.1, 0.15) is 0 Å². The van der Waals surface area contributed by atoms with Gasteiger partial charge in [-0.15, -0.1) is 22.7 Å². The summed E-state index contributed by atoms with van der Waals surface area (Å²) >= 11 is 3.94. The van der Waals surface area contributed by atoms with Crippen molar-refractivity contribution >= 4 is 54.0 Å². The van der Waals surface area contributed by atoms with Crippen LogP contribution in [0.3, 0.4) is 0 Å². The molecule has 0 saturated heterocycles. The first kappa shape index (κ1) is 17.2. The Morgan fingerprint density at radius 1 is 0.630 bits per heavy atom. The van der Waals surface area contributed by atoms with E-state index in [0.29, 0.717) is 0 Å². The Balaban J connectivity index is 1.83. The quantitative estimate of drug-likeness (QED) is 0.323. The summed E-state index contributed by atoms with van der Waals surface area (Å²) in [6.45, 7) is 9.10. The van der Waals surface area contributed by atoms with Crippen molar-refractivity contribution in [1.29, 1.82) is 0 Å². The zero-order chi connectivity index (χ0) is 18.7. The van der Waals surface area contributed by atoms with E-state index in [-0.39, 0.29) is 0 Å². The van der Waals surface area contributed by atoms with E-state index in [1.807, 2.05) is 22.7 Å². The predicted molar refractivity (Wildman–Crippen MR) is 123 cm³/mol. The van der Waals surface area contributed by atoms with E-state index in [4.69, 9.17) is 0 Å². The van der Waals surface area contributed by atoms with Gasteiger partial charge < -0.3 is 0 Å². The van der Waals surface area contributed by atoms with Gasteiger partial charge in [-0.1, -0.05) is 36.4 Å². The molecule has 0 spiro atoms. The Labute approximate surface area is 169 Å². The van der Waals surface area contributed by atoms with Crippen molar-refractivity contribution in [3.8, 4) is 0 Å². The molecule has 2 heterocycles. The topological polar surface area (TPSA) is 0 Å². The molecule has 2 aromatic heterocycles. The van der Waals surface area contributed by atoms with Crippen molar-refractivity contribution < 1.29 is 0 Å². The molecule has 2 heteroatoms. The Morgan fingerprint density at radius 3 is 1.52 bits per heavy atom. The van der Waals surface area contributed by atoms with Crippen molar-refractivity contribution in [2.75, 3.05) is 0 Å². The molecule has 0 aliphatic heterocycles. The van der Waals surface area contributed by atoms with Crippen LogP contribution in [-0.2, 0) is 0 Å². The molecule has 4 aromatic rings. The van der Waals surface area contributed by atoms with Gasteiger partial charge in [0, 0.05) is 29.9 Å². The highest BCUT2D eigenvalue weighted by Crippen LogP contribution is 2.49. The van der Waals surface area contributed by atoms with E-state index in [1.165, 1.54) is 71.4 Å². The van der Waals surface area contributed by atoms with Crippen LogP contribution < -0.4 is 0 Å². The van der Waals surface area contributed by atoms with Crippen molar-refractivity contribution in [2.45, 2.75) is 47.0 Å². The summed E-state index contributed by atoms with van der Waals surface area (Å²) in [5.74, 6) is 0. The fourth-order valence-electron chi connectivity index (χ4n) is 4.80. The summed E-state index contributed by atoms with van der Waals surface area (Å²) in [6, 6.07) is 13.6. The lowest BCUT2D eigenvalue weighted by molar-refractivity contribution is 0.942. The number of hydrogen-bond acceptors (Lipinski definition) is 2. The Hall–Kier alpha value is -1.90. The van der Waals surface area contributed by atoms with Crippen LogP contribution in [0, 0.1) is 27.7 Å². The van der Waals surface area contributed by atoms with Gasteiger partial charge in [-0.2, -0.15) is 0 Å². The van der Waals surface area contributed by atoms with Crippen LogP contribution in [-0.4, -0.2) is 0 Å². The normalized spacial score (nSPS) is 14.8. The fourth-order valence-corrected chi connectivity index (χ4v) is 7.10. The van der Waals surface area contributed by atoms with Crippen LogP contribution in [0.1, 0.15) is 51.3 Å². The Morgan fingerprint density at radius 2 is 1.07 bits per heavy atom. The third kappa shape index (κ3) is 2.54. The summed E-state index contributed by atoms with van der Waals surface area (Å²) in [7, 11) is 0. The molecule has 0 atom stereocenters. The first-order valence-electron chi connectivity index (χ1n) is 9.76. The maximum atomic E-state index is 2.33. The monoisotopic (exact) mass is 388 g/mol. The lowest BCUT2D eigenvalue weighted by Crippen LogP contribution is -1.89. The second-order valence-corrected chi connectivity index (χ2v) is 10.2. The van der Waals surface area contributed by atoms with Gasteiger partial charge in [-0.05, 0) is 80.4 Å². The smallest absolute Gasteiger partial charge is 0.0381 e. The largest absolute Gasteiger partial charge is 0.140 e. The number of fused-ring (bicyclic) bond motifs is 2. The highest BCUT2D eigenvalue weighted by Gasteiger charge is 2.25.